The zero-order chi connectivity index (χ0) is 19.0. The smallest absolute Gasteiger partial charge is 0.405 e. The number of benzene rings is 1. The fraction of sp³-hybridized carbons (Fsp3) is 0.529. The third kappa shape index (κ3) is 9.16. The molecule has 0 atom stereocenters. The first-order chi connectivity index (χ1) is 12.4. The Balaban J connectivity index is 0.00000364. The van der Waals surface area contributed by atoms with Gasteiger partial charge < -0.3 is 20.7 Å². The number of rotatable bonds is 8. The van der Waals surface area contributed by atoms with Gasteiger partial charge in [-0.3, -0.25) is 4.79 Å². The van der Waals surface area contributed by atoms with Crippen molar-refractivity contribution in [2.75, 3.05) is 19.6 Å². The number of carbonyl (C=O) groups is 1. The van der Waals surface area contributed by atoms with E-state index in [-0.39, 0.29) is 48.1 Å². The fourth-order valence-electron chi connectivity index (χ4n) is 2.22. The van der Waals surface area contributed by atoms with Crippen LogP contribution in [0.25, 0.3) is 0 Å². The van der Waals surface area contributed by atoms with E-state index in [1.165, 1.54) is 18.2 Å². The highest BCUT2D eigenvalue weighted by Crippen LogP contribution is 2.28. The van der Waals surface area contributed by atoms with Crippen LogP contribution in [0.15, 0.2) is 29.3 Å². The predicted octanol–water partition coefficient (Wildman–Crippen LogP) is 2.78. The monoisotopic (exact) mass is 500 g/mol. The first-order valence-corrected chi connectivity index (χ1v) is 8.52. The molecule has 0 heterocycles. The van der Waals surface area contributed by atoms with Crippen molar-refractivity contribution in [1.29, 1.82) is 0 Å². The fourth-order valence-corrected chi connectivity index (χ4v) is 2.22. The van der Waals surface area contributed by atoms with E-state index in [1.54, 1.807) is 6.07 Å². The first kappa shape index (κ1) is 23.3. The van der Waals surface area contributed by atoms with Gasteiger partial charge in [-0.1, -0.05) is 18.2 Å². The largest absolute Gasteiger partial charge is 0.573 e. The van der Waals surface area contributed by atoms with Crippen LogP contribution in [0.1, 0.15) is 25.3 Å². The van der Waals surface area contributed by atoms with E-state index in [0.717, 1.165) is 12.8 Å². The minimum absolute atomic E-state index is 0. The van der Waals surface area contributed by atoms with Crippen molar-refractivity contribution in [2.24, 2.45) is 10.9 Å². The molecule has 0 bridgehead atoms. The van der Waals surface area contributed by atoms with Crippen LogP contribution in [0.5, 0.6) is 5.75 Å². The van der Waals surface area contributed by atoms with Gasteiger partial charge in [0.2, 0.25) is 5.91 Å². The van der Waals surface area contributed by atoms with Crippen LogP contribution in [-0.4, -0.2) is 37.9 Å². The third-order valence-electron chi connectivity index (χ3n) is 3.61. The van der Waals surface area contributed by atoms with Crippen molar-refractivity contribution in [1.82, 2.24) is 16.0 Å². The van der Waals surface area contributed by atoms with E-state index in [0.29, 0.717) is 31.2 Å². The summed E-state index contributed by atoms with van der Waals surface area (Å²) < 4.78 is 41.4. The number of nitrogens with one attached hydrogen (secondary N) is 3. The van der Waals surface area contributed by atoms with Gasteiger partial charge >= 0.3 is 6.36 Å². The molecule has 1 amide bonds. The highest BCUT2D eigenvalue weighted by atomic mass is 127. The Morgan fingerprint density at radius 3 is 2.48 bits per heavy atom. The lowest BCUT2D eigenvalue weighted by molar-refractivity contribution is -0.274. The van der Waals surface area contributed by atoms with Crippen LogP contribution in [0.2, 0.25) is 0 Å². The number of carbonyl (C=O) groups excluding carboxylic acids is 1. The van der Waals surface area contributed by atoms with Crippen LogP contribution >= 0.6 is 24.0 Å². The molecular formula is C17H24F3IN4O2. The van der Waals surface area contributed by atoms with Gasteiger partial charge in [-0.05, 0) is 25.8 Å². The van der Waals surface area contributed by atoms with Crippen LogP contribution in [0.4, 0.5) is 13.2 Å². The van der Waals surface area contributed by atoms with Crippen LogP contribution in [-0.2, 0) is 11.3 Å². The number of halogens is 4. The second-order valence-corrected chi connectivity index (χ2v) is 5.84. The molecule has 152 valence electrons. The molecule has 0 radical (unpaired) electrons. The van der Waals surface area contributed by atoms with Gasteiger partial charge in [0, 0.05) is 31.1 Å². The lowest BCUT2D eigenvalue weighted by Crippen LogP contribution is -2.41. The highest BCUT2D eigenvalue weighted by Gasteiger charge is 2.32. The number of hydrogen-bond acceptors (Lipinski definition) is 3. The SMILES string of the molecule is CCNC(=NCc1ccccc1OC(F)(F)F)NCCNC(=O)C1CC1.I. The van der Waals surface area contributed by atoms with E-state index >= 15 is 0 Å². The Labute approximate surface area is 173 Å². The van der Waals surface area contributed by atoms with E-state index < -0.39 is 6.36 Å². The van der Waals surface area contributed by atoms with Gasteiger partial charge in [0.1, 0.15) is 5.75 Å². The Kier molecular flexibility index (Phi) is 9.67. The van der Waals surface area contributed by atoms with E-state index in [9.17, 15) is 18.0 Å². The molecule has 10 heteroatoms. The Hall–Kier alpha value is -1.72. The molecule has 1 fully saturated rings. The summed E-state index contributed by atoms with van der Waals surface area (Å²) in [5.41, 5.74) is 0.323. The summed E-state index contributed by atoms with van der Waals surface area (Å²) in [7, 11) is 0. The molecule has 1 aliphatic carbocycles. The minimum Gasteiger partial charge on any atom is -0.405 e. The number of alkyl halides is 3. The van der Waals surface area contributed by atoms with Crippen molar-refractivity contribution < 1.29 is 22.7 Å². The summed E-state index contributed by atoms with van der Waals surface area (Å²) in [5, 5.41) is 8.86. The number of hydrogen-bond donors (Lipinski definition) is 3. The summed E-state index contributed by atoms with van der Waals surface area (Å²) in [4.78, 5) is 15.8. The maximum absolute atomic E-state index is 12.5. The van der Waals surface area contributed by atoms with Gasteiger partial charge in [0.25, 0.3) is 0 Å². The number of para-hydroxylation sites is 1. The van der Waals surface area contributed by atoms with Crippen molar-refractivity contribution >= 4 is 35.8 Å². The lowest BCUT2D eigenvalue weighted by Gasteiger charge is -2.14. The normalized spacial score (nSPS) is 14.1. The van der Waals surface area contributed by atoms with Gasteiger partial charge in [-0.25, -0.2) is 4.99 Å². The number of aliphatic imine (C=N–C) groups is 1. The molecule has 0 saturated heterocycles. The molecule has 27 heavy (non-hydrogen) atoms. The molecule has 1 aromatic carbocycles. The summed E-state index contributed by atoms with van der Waals surface area (Å²) in [6.07, 6.45) is -2.85. The molecule has 0 aromatic heterocycles. The first-order valence-electron chi connectivity index (χ1n) is 8.52. The van der Waals surface area contributed by atoms with Gasteiger partial charge in [0.15, 0.2) is 5.96 Å². The Morgan fingerprint density at radius 1 is 1.19 bits per heavy atom. The summed E-state index contributed by atoms with van der Waals surface area (Å²) in [5.74, 6) is 0.403. The molecule has 0 unspecified atom stereocenters. The second-order valence-electron chi connectivity index (χ2n) is 5.84. The average Bonchev–Trinajstić information content (AvgIpc) is 3.41. The zero-order valence-corrected chi connectivity index (χ0v) is 17.3. The Bertz CT molecular complexity index is 637. The molecular weight excluding hydrogens is 476 g/mol. The molecule has 0 aliphatic heterocycles. The highest BCUT2D eigenvalue weighted by molar-refractivity contribution is 14.0. The van der Waals surface area contributed by atoms with E-state index in [1.807, 2.05) is 6.92 Å². The van der Waals surface area contributed by atoms with Crippen LogP contribution in [0.3, 0.4) is 0 Å². The van der Waals surface area contributed by atoms with Crippen molar-refractivity contribution in [3.8, 4) is 5.75 Å². The molecule has 1 aromatic rings. The zero-order valence-electron chi connectivity index (χ0n) is 14.9. The standard InChI is InChI=1S/C17H23F3N4O2.HI/c1-2-21-16(23-10-9-22-15(25)12-7-8-12)24-11-13-5-3-4-6-14(13)26-17(18,19)20;/h3-6,12H,2,7-11H2,1H3,(H,22,25)(H2,21,23,24);1H. The van der Waals surface area contributed by atoms with Crippen molar-refractivity contribution in [2.45, 2.75) is 32.7 Å². The van der Waals surface area contributed by atoms with E-state index in [4.69, 9.17) is 0 Å². The molecule has 1 aliphatic rings. The molecule has 2 rings (SSSR count). The van der Waals surface area contributed by atoms with Gasteiger partial charge in [-0.2, -0.15) is 0 Å². The average molecular weight is 500 g/mol. The summed E-state index contributed by atoms with van der Waals surface area (Å²) in [6, 6.07) is 5.89. The number of amides is 1. The maximum Gasteiger partial charge on any atom is 0.573 e. The third-order valence-corrected chi connectivity index (χ3v) is 3.61. The minimum atomic E-state index is -4.75. The predicted molar refractivity (Wildman–Crippen MR) is 107 cm³/mol. The Morgan fingerprint density at radius 2 is 1.85 bits per heavy atom. The lowest BCUT2D eigenvalue weighted by atomic mass is 10.2. The molecule has 1 saturated carbocycles. The maximum atomic E-state index is 12.5. The number of ether oxygens (including phenoxy) is 1. The van der Waals surface area contributed by atoms with Crippen LogP contribution < -0.4 is 20.7 Å². The summed E-state index contributed by atoms with van der Waals surface area (Å²) in [6.45, 7) is 3.42. The number of guanidine groups is 1. The quantitative estimate of drug-likeness (QED) is 0.222. The molecule has 3 N–H and O–H groups in total. The van der Waals surface area contributed by atoms with Crippen LogP contribution in [0, 0.1) is 5.92 Å². The topological polar surface area (TPSA) is 74.8 Å². The molecule has 6 nitrogen and oxygen atoms in total. The van der Waals surface area contributed by atoms with Crippen molar-refractivity contribution in [3.63, 3.8) is 0 Å². The molecule has 0 spiro atoms. The van der Waals surface area contributed by atoms with Gasteiger partial charge in [0.05, 0.1) is 6.54 Å². The van der Waals surface area contributed by atoms with Gasteiger partial charge in [-0.15, -0.1) is 37.1 Å². The second kappa shape index (κ2) is 11.2. The summed E-state index contributed by atoms with van der Waals surface area (Å²) >= 11 is 0. The number of nitrogens with zero attached hydrogens (tertiary/aromatic N) is 1. The van der Waals surface area contributed by atoms with E-state index in [2.05, 4.69) is 25.7 Å². The van der Waals surface area contributed by atoms with Crippen molar-refractivity contribution in [3.05, 3.63) is 29.8 Å².